The van der Waals surface area contributed by atoms with Crippen molar-refractivity contribution in [3.8, 4) is 0 Å². The van der Waals surface area contributed by atoms with Crippen molar-refractivity contribution in [1.29, 1.82) is 0 Å². The van der Waals surface area contributed by atoms with Crippen LogP contribution in [-0.4, -0.2) is 50.0 Å². The van der Waals surface area contributed by atoms with E-state index in [1.807, 2.05) is 0 Å². The topological polar surface area (TPSA) is 88.3 Å². The molecule has 1 aromatic carbocycles. The van der Waals surface area contributed by atoms with Gasteiger partial charge < -0.3 is 10.0 Å². The fourth-order valence-corrected chi connectivity index (χ4v) is 2.77. The average molecular weight is 332 g/mol. The number of benzene rings is 1. The Morgan fingerprint density at radius 2 is 2.21 bits per heavy atom. The van der Waals surface area contributed by atoms with Crippen molar-refractivity contribution >= 4 is 11.9 Å². The van der Waals surface area contributed by atoms with Gasteiger partial charge in [-0.05, 0) is 31.0 Å². The molecule has 1 saturated heterocycles. The molecular formula is C16H17FN4O3. The first kappa shape index (κ1) is 16.1. The summed E-state index contributed by atoms with van der Waals surface area (Å²) in [5.41, 5.74) is -0.0627. The average Bonchev–Trinajstić information content (AvgIpc) is 3.14. The summed E-state index contributed by atoms with van der Waals surface area (Å²) in [6.07, 6.45) is 1.90. The SMILES string of the molecule is CC1(C(=O)O)CCN(C(=O)c2cn(Cc3cccc(F)c3)nn2)C1. The number of hydrogen-bond acceptors (Lipinski definition) is 4. The van der Waals surface area contributed by atoms with Gasteiger partial charge in [-0.3, -0.25) is 9.59 Å². The minimum absolute atomic E-state index is 0.151. The van der Waals surface area contributed by atoms with Crippen LogP contribution in [-0.2, 0) is 11.3 Å². The second kappa shape index (κ2) is 6.03. The summed E-state index contributed by atoms with van der Waals surface area (Å²) in [6.45, 7) is 2.45. The van der Waals surface area contributed by atoms with Gasteiger partial charge in [-0.1, -0.05) is 17.3 Å². The smallest absolute Gasteiger partial charge is 0.311 e. The van der Waals surface area contributed by atoms with Gasteiger partial charge in [-0.15, -0.1) is 5.10 Å². The van der Waals surface area contributed by atoms with Crippen molar-refractivity contribution < 1.29 is 19.1 Å². The normalized spacial score (nSPS) is 20.3. The third-order valence-corrected chi connectivity index (χ3v) is 4.27. The maximum Gasteiger partial charge on any atom is 0.311 e. The monoisotopic (exact) mass is 332 g/mol. The van der Waals surface area contributed by atoms with Gasteiger partial charge in [0.15, 0.2) is 5.69 Å². The zero-order chi connectivity index (χ0) is 17.3. The number of aliphatic carboxylic acids is 1. The number of aromatic nitrogens is 3. The maximum absolute atomic E-state index is 13.2. The second-order valence-corrected chi connectivity index (χ2v) is 6.27. The lowest BCUT2D eigenvalue weighted by Crippen LogP contribution is -2.35. The van der Waals surface area contributed by atoms with E-state index in [1.165, 1.54) is 27.9 Å². The van der Waals surface area contributed by atoms with E-state index in [0.29, 0.717) is 25.1 Å². The Morgan fingerprint density at radius 3 is 2.88 bits per heavy atom. The van der Waals surface area contributed by atoms with E-state index in [0.717, 1.165) is 0 Å². The number of carbonyl (C=O) groups excluding carboxylic acids is 1. The second-order valence-electron chi connectivity index (χ2n) is 6.27. The van der Waals surface area contributed by atoms with Crippen LogP contribution in [0.25, 0.3) is 0 Å². The molecular weight excluding hydrogens is 315 g/mol. The van der Waals surface area contributed by atoms with Gasteiger partial charge in [-0.2, -0.15) is 0 Å². The highest BCUT2D eigenvalue weighted by molar-refractivity contribution is 5.92. The zero-order valence-corrected chi connectivity index (χ0v) is 13.1. The van der Waals surface area contributed by atoms with Crippen molar-refractivity contribution in [3.63, 3.8) is 0 Å². The molecule has 1 atom stereocenters. The van der Waals surface area contributed by atoms with Crippen LogP contribution in [0.4, 0.5) is 4.39 Å². The van der Waals surface area contributed by atoms with Crippen molar-refractivity contribution in [3.05, 3.63) is 47.5 Å². The Bertz CT molecular complexity index is 791. The highest BCUT2D eigenvalue weighted by Gasteiger charge is 2.42. The van der Waals surface area contributed by atoms with E-state index in [9.17, 15) is 19.1 Å². The highest BCUT2D eigenvalue weighted by Crippen LogP contribution is 2.30. The number of nitrogens with zero attached hydrogens (tertiary/aromatic N) is 4. The van der Waals surface area contributed by atoms with Crippen LogP contribution >= 0.6 is 0 Å². The Hall–Kier alpha value is -2.77. The van der Waals surface area contributed by atoms with Gasteiger partial charge in [0.05, 0.1) is 18.2 Å². The summed E-state index contributed by atoms with van der Waals surface area (Å²) in [4.78, 5) is 25.2. The molecule has 1 aliphatic heterocycles. The number of rotatable bonds is 4. The lowest BCUT2D eigenvalue weighted by molar-refractivity contribution is -0.147. The lowest BCUT2D eigenvalue weighted by atomic mass is 9.90. The molecule has 1 unspecified atom stereocenters. The van der Waals surface area contributed by atoms with E-state index >= 15 is 0 Å². The molecule has 0 spiro atoms. The van der Waals surface area contributed by atoms with Crippen molar-refractivity contribution in [2.24, 2.45) is 5.41 Å². The van der Waals surface area contributed by atoms with E-state index < -0.39 is 11.4 Å². The quantitative estimate of drug-likeness (QED) is 0.914. The van der Waals surface area contributed by atoms with Crippen LogP contribution in [0.15, 0.2) is 30.5 Å². The molecule has 2 aromatic rings. The zero-order valence-electron chi connectivity index (χ0n) is 13.1. The maximum atomic E-state index is 13.2. The predicted octanol–water partition coefficient (Wildman–Crippen LogP) is 1.40. The molecule has 1 fully saturated rings. The van der Waals surface area contributed by atoms with Crippen molar-refractivity contribution in [2.75, 3.05) is 13.1 Å². The first-order valence-electron chi connectivity index (χ1n) is 7.55. The summed E-state index contributed by atoms with van der Waals surface area (Å²) in [6, 6.07) is 6.10. The number of likely N-dealkylation sites (tertiary alicyclic amines) is 1. The fraction of sp³-hybridized carbons (Fsp3) is 0.375. The third-order valence-electron chi connectivity index (χ3n) is 4.27. The predicted molar refractivity (Wildman–Crippen MR) is 81.8 cm³/mol. The first-order valence-corrected chi connectivity index (χ1v) is 7.55. The molecule has 126 valence electrons. The summed E-state index contributed by atoms with van der Waals surface area (Å²) in [5, 5.41) is 17.0. The minimum atomic E-state index is -0.923. The fourth-order valence-electron chi connectivity index (χ4n) is 2.77. The van der Waals surface area contributed by atoms with Crippen LogP contribution in [0, 0.1) is 11.2 Å². The number of amides is 1. The van der Waals surface area contributed by atoms with Crippen molar-refractivity contribution in [1.82, 2.24) is 19.9 Å². The molecule has 0 saturated carbocycles. The van der Waals surface area contributed by atoms with Crippen LogP contribution in [0.1, 0.15) is 29.4 Å². The van der Waals surface area contributed by atoms with Gasteiger partial charge >= 0.3 is 5.97 Å². The Kier molecular flexibility index (Phi) is 4.04. The minimum Gasteiger partial charge on any atom is -0.481 e. The molecule has 1 amide bonds. The summed E-state index contributed by atoms with van der Waals surface area (Å²) < 4.78 is 14.6. The van der Waals surface area contributed by atoms with E-state index in [-0.39, 0.29) is 24.0 Å². The first-order chi connectivity index (χ1) is 11.4. The molecule has 7 nitrogen and oxygen atoms in total. The van der Waals surface area contributed by atoms with Gasteiger partial charge in [0.1, 0.15) is 5.82 Å². The molecule has 0 bridgehead atoms. The van der Waals surface area contributed by atoms with Gasteiger partial charge in [0.2, 0.25) is 0 Å². The van der Waals surface area contributed by atoms with Gasteiger partial charge in [0, 0.05) is 13.1 Å². The number of hydrogen-bond donors (Lipinski definition) is 1. The number of carbonyl (C=O) groups is 2. The Morgan fingerprint density at radius 1 is 1.42 bits per heavy atom. The lowest BCUT2D eigenvalue weighted by Gasteiger charge is -2.19. The molecule has 2 heterocycles. The Labute approximate surface area is 137 Å². The van der Waals surface area contributed by atoms with Gasteiger partial charge in [0.25, 0.3) is 5.91 Å². The summed E-state index contributed by atoms with van der Waals surface area (Å²) >= 11 is 0. The van der Waals surface area contributed by atoms with Crippen LogP contribution < -0.4 is 0 Å². The highest BCUT2D eigenvalue weighted by atomic mass is 19.1. The number of carboxylic acid groups (broad SMARTS) is 1. The summed E-state index contributed by atoms with van der Waals surface area (Å²) in [5.74, 6) is -1.59. The van der Waals surface area contributed by atoms with Crippen molar-refractivity contribution in [2.45, 2.75) is 19.9 Å². The Balaban J connectivity index is 1.69. The van der Waals surface area contributed by atoms with E-state index in [2.05, 4.69) is 10.3 Å². The van der Waals surface area contributed by atoms with Crippen LogP contribution in [0.5, 0.6) is 0 Å². The van der Waals surface area contributed by atoms with Crippen LogP contribution in [0.3, 0.4) is 0 Å². The molecule has 1 N–H and O–H groups in total. The molecule has 1 aromatic heterocycles. The molecule has 1 aliphatic rings. The van der Waals surface area contributed by atoms with Crippen LogP contribution in [0.2, 0.25) is 0 Å². The largest absolute Gasteiger partial charge is 0.481 e. The van der Waals surface area contributed by atoms with E-state index in [4.69, 9.17) is 0 Å². The van der Waals surface area contributed by atoms with E-state index in [1.54, 1.807) is 19.1 Å². The molecule has 0 aliphatic carbocycles. The molecule has 8 heteroatoms. The summed E-state index contributed by atoms with van der Waals surface area (Å²) in [7, 11) is 0. The third kappa shape index (κ3) is 3.12. The molecule has 24 heavy (non-hydrogen) atoms. The number of halogens is 1. The molecule has 3 rings (SSSR count). The van der Waals surface area contributed by atoms with Gasteiger partial charge in [-0.25, -0.2) is 9.07 Å². The number of carboxylic acids is 1. The molecule has 0 radical (unpaired) electrons. The standard InChI is InChI=1S/C16H17FN4O3/c1-16(15(23)24)5-6-20(10-16)14(22)13-9-21(19-18-13)8-11-3-2-4-12(17)7-11/h2-4,7,9H,5-6,8,10H2,1H3,(H,23,24).